The molecule has 0 saturated carbocycles. The Morgan fingerprint density at radius 2 is 2.00 bits per heavy atom. The fourth-order valence-electron chi connectivity index (χ4n) is 3.82. The standard InChI is InChI=1S/C16H18O6S/c1-14(8-23-4)7-10(17)15-12(18-2)9-5-6-20-11(9)13(19-3)16(15,21-14)22-15/h5-6H,7-8H2,1-4H3. The maximum absolute atomic E-state index is 13.0. The first-order valence-electron chi connectivity index (χ1n) is 7.31. The van der Waals surface area contributed by atoms with E-state index < -0.39 is 17.0 Å². The van der Waals surface area contributed by atoms with Crippen molar-refractivity contribution in [3.05, 3.63) is 23.0 Å². The van der Waals surface area contributed by atoms with Crippen LogP contribution < -0.4 is 10.6 Å². The number of furan rings is 1. The predicted molar refractivity (Wildman–Crippen MR) is 82.8 cm³/mol. The lowest BCUT2D eigenvalue weighted by atomic mass is 9.81. The number of ketones is 1. The van der Waals surface area contributed by atoms with Crippen LogP contribution >= 0.6 is 11.8 Å². The molecule has 23 heavy (non-hydrogen) atoms. The molecule has 3 atom stereocenters. The van der Waals surface area contributed by atoms with Gasteiger partial charge in [0.25, 0.3) is 5.79 Å². The molecule has 1 aromatic rings. The number of hydrogen-bond donors (Lipinski definition) is 0. The van der Waals surface area contributed by atoms with Crippen LogP contribution in [0.15, 0.2) is 16.7 Å². The van der Waals surface area contributed by atoms with E-state index in [1.165, 1.54) is 14.2 Å². The first-order chi connectivity index (χ1) is 11.0. The lowest BCUT2D eigenvalue weighted by Gasteiger charge is -2.38. The van der Waals surface area contributed by atoms with E-state index >= 15 is 0 Å². The average molecular weight is 338 g/mol. The third-order valence-corrected chi connectivity index (χ3v) is 5.53. The Kier molecular flexibility index (Phi) is 2.99. The van der Waals surface area contributed by atoms with Gasteiger partial charge in [-0.05, 0) is 19.2 Å². The van der Waals surface area contributed by atoms with Gasteiger partial charge in [-0.1, -0.05) is 0 Å². The molecule has 0 amide bonds. The van der Waals surface area contributed by atoms with Gasteiger partial charge < -0.3 is 23.4 Å². The van der Waals surface area contributed by atoms with E-state index in [1.54, 1.807) is 24.1 Å². The Hall–Kier alpha value is -1.44. The number of methoxy groups -OCH3 is 2. The largest absolute Gasteiger partial charge is 0.496 e. The van der Waals surface area contributed by atoms with Crippen molar-refractivity contribution in [2.75, 3.05) is 26.2 Å². The van der Waals surface area contributed by atoms with Crippen LogP contribution in [-0.4, -0.2) is 49.0 Å². The van der Waals surface area contributed by atoms with E-state index in [0.29, 0.717) is 27.9 Å². The summed E-state index contributed by atoms with van der Waals surface area (Å²) in [6.07, 6.45) is 3.77. The van der Waals surface area contributed by atoms with Crippen molar-refractivity contribution in [3.8, 4) is 0 Å². The van der Waals surface area contributed by atoms with Crippen molar-refractivity contribution >= 4 is 29.1 Å². The maximum Gasteiger partial charge on any atom is 0.279 e. The van der Waals surface area contributed by atoms with Gasteiger partial charge in [0.15, 0.2) is 17.0 Å². The van der Waals surface area contributed by atoms with E-state index in [0.717, 1.165) is 0 Å². The summed E-state index contributed by atoms with van der Waals surface area (Å²) in [7, 11) is 3.04. The lowest BCUT2D eigenvalue weighted by molar-refractivity contribution is -0.150. The minimum Gasteiger partial charge on any atom is -0.496 e. The Morgan fingerprint density at radius 1 is 1.26 bits per heavy atom. The van der Waals surface area contributed by atoms with Gasteiger partial charge in [-0.2, -0.15) is 11.8 Å². The molecule has 0 bridgehead atoms. The second-order valence-electron chi connectivity index (χ2n) is 6.21. The molecule has 0 aromatic carbocycles. The Balaban J connectivity index is 1.99. The molecule has 3 aliphatic rings. The first kappa shape index (κ1) is 15.1. The zero-order valence-electron chi connectivity index (χ0n) is 13.4. The fourth-order valence-corrected chi connectivity index (χ4v) is 4.59. The summed E-state index contributed by atoms with van der Waals surface area (Å²) < 4.78 is 28.9. The molecule has 6 nitrogen and oxygen atoms in total. The molecule has 124 valence electrons. The van der Waals surface area contributed by atoms with Crippen molar-refractivity contribution in [1.82, 2.24) is 0 Å². The Bertz CT molecular complexity index is 813. The molecule has 0 spiro atoms. The van der Waals surface area contributed by atoms with E-state index in [9.17, 15) is 4.79 Å². The van der Waals surface area contributed by atoms with Crippen LogP contribution in [0, 0.1) is 0 Å². The minimum absolute atomic E-state index is 0.0569. The molecular formula is C16H18O6S. The lowest BCUT2D eigenvalue weighted by Crippen LogP contribution is -2.58. The molecule has 0 radical (unpaired) electrons. The molecule has 7 heteroatoms. The van der Waals surface area contributed by atoms with Crippen molar-refractivity contribution in [3.63, 3.8) is 0 Å². The summed E-state index contributed by atoms with van der Waals surface area (Å²) in [6.45, 7) is 1.92. The number of thioether (sulfide) groups is 1. The second kappa shape index (κ2) is 4.55. The molecule has 3 heterocycles. The molecule has 3 unspecified atom stereocenters. The summed E-state index contributed by atoms with van der Waals surface area (Å²) in [4.78, 5) is 13.0. The molecule has 4 rings (SSSR count). The van der Waals surface area contributed by atoms with Gasteiger partial charge in [0.2, 0.25) is 11.4 Å². The fraction of sp³-hybridized carbons (Fsp3) is 0.562. The maximum atomic E-state index is 13.0. The number of carbonyl (C=O) groups excluding carboxylic acids is 1. The molecular weight excluding hydrogens is 320 g/mol. The van der Waals surface area contributed by atoms with Crippen LogP contribution in [0.25, 0.3) is 11.5 Å². The van der Waals surface area contributed by atoms with Gasteiger partial charge in [-0.25, -0.2) is 0 Å². The third kappa shape index (κ3) is 1.60. The summed E-state index contributed by atoms with van der Waals surface area (Å²) in [5.74, 6) is 0.137. The van der Waals surface area contributed by atoms with Crippen LogP contribution in [0.2, 0.25) is 0 Å². The zero-order chi connectivity index (χ0) is 16.5. The highest BCUT2D eigenvalue weighted by molar-refractivity contribution is 7.98. The number of epoxide rings is 1. The number of fused-ring (bicyclic) bond motifs is 1. The minimum atomic E-state index is -1.29. The van der Waals surface area contributed by atoms with Gasteiger partial charge in [0.05, 0.1) is 31.3 Å². The average Bonchev–Trinajstić information content (AvgIpc) is 2.94. The van der Waals surface area contributed by atoms with Gasteiger partial charge in [0.1, 0.15) is 0 Å². The van der Waals surface area contributed by atoms with Crippen LogP contribution in [0.3, 0.4) is 0 Å². The van der Waals surface area contributed by atoms with Crippen molar-refractivity contribution in [1.29, 1.82) is 0 Å². The monoisotopic (exact) mass is 338 g/mol. The number of carbonyl (C=O) groups is 1. The number of hydrogen-bond acceptors (Lipinski definition) is 7. The van der Waals surface area contributed by atoms with Crippen LogP contribution in [0.5, 0.6) is 0 Å². The van der Waals surface area contributed by atoms with E-state index in [4.69, 9.17) is 23.4 Å². The van der Waals surface area contributed by atoms with Gasteiger partial charge in [-0.15, -0.1) is 0 Å². The Morgan fingerprint density at radius 3 is 2.65 bits per heavy atom. The predicted octanol–water partition coefficient (Wildman–Crippen LogP) is 0.379. The molecule has 1 aromatic heterocycles. The normalized spacial score (nSPS) is 37.8. The van der Waals surface area contributed by atoms with Gasteiger partial charge >= 0.3 is 0 Å². The summed E-state index contributed by atoms with van der Waals surface area (Å²) in [5.41, 5.74) is -1.41. The highest BCUT2D eigenvalue weighted by atomic mass is 32.2. The van der Waals surface area contributed by atoms with Crippen molar-refractivity contribution in [2.24, 2.45) is 0 Å². The summed E-state index contributed by atoms with van der Waals surface area (Å²) >= 11 is 1.62. The SMILES string of the molecule is COC1=c2ccoc2=C(OC)C23OC(C)(CSC)CC(=O)C12O3. The van der Waals surface area contributed by atoms with Crippen LogP contribution in [-0.2, 0) is 23.7 Å². The van der Waals surface area contributed by atoms with Crippen molar-refractivity contribution < 1.29 is 28.2 Å². The molecule has 1 aliphatic carbocycles. The van der Waals surface area contributed by atoms with Crippen molar-refractivity contribution in [2.45, 2.75) is 30.3 Å². The quantitative estimate of drug-likeness (QED) is 0.735. The number of ether oxygens (including phenoxy) is 4. The Labute approximate surface area is 137 Å². The zero-order valence-corrected chi connectivity index (χ0v) is 14.2. The van der Waals surface area contributed by atoms with E-state index in [1.807, 2.05) is 13.2 Å². The molecule has 2 saturated heterocycles. The third-order valence-electron chi connectivity index (χ3n) is 4.63. The second-order valence-corrected chi connectivity index (χ2v) is 7.08. The molecule has 2 aliphatic heterocycles. The number of rotatable bonds is 4. The smallest absolute Gasteiger partial charge is 0.279 e. The summed E-state index contributed by atoms with van der Waals surface area (Å²) in [6, 6.07) is 1.75. The van der Waals surface area contributed by atoms with Gasteiger partial charge in [-0.3, -0.25) is 4.79 Å². The highest BCUT2D eigenvalue weighted by Crippen LogP contribution is 2.65. The first-order valence-corrected chi connectivity index (χ1v) is 8.71. The van der Waals surface area contributed by atoms with E-state index in [-0.39, 0.29) is 12.2 Å². The topological polar surface area (TPSA) is 70.4 Å². The van der Waals surface area contributed by atoms with Gasteiger partial charge in [0, 0.05) is 12.2 Å². The molecule has 0 N–H and O–H groups in total. The number of Topliss-reactive ketones (excluding diaryl/α,β-unsaturated/α-hetero) is 1. The van der Waals surface area contributed by atoms with Crippen LogP contribution in [0.4, 0.5) is 0 Å². The molecule has 2 fully saturated rings. The van der Waals surface area contributed by atoms with E-state index in [2.05, 4.69) is 0 Å². The summed E-state index contributed by atoms with van der Waals surface area (Å²) in [5, 5.41) is 0.669. The highest BCUT2D eigenvalue weighted by Gasteiger charge is 2.87. The van der Waals surface area contributed by atoms with Crippen LogP contribution in [0.1, 0.15) is 13.3 Å².